The molecule has 0 aromatic heterocycles. The van der Waals surface area contributed by atoms with Gasteiger partial charge in [-0.15, -0.1) is 0 Å². The maximum Gasteiger partial charge on any atom is 0.492 e. The van der Waals surface area contributed by atoms with Gasteiger partial charge < -0.3 is 14.8 Å². The van der Waals surface area contributed by atoms with Crippen LogP contribution in [0.5, 0.6) is 5.75 Å². The van der Waals surface area contributed by atoms with Crippen molar-refractivity contribution in [3.8, 4) is 5.75 Å². The topological polar surface area (TPSA) is 49.7 Å². The lowest BCUT2D eigenvalue weighted by molar-refractivity contribution is 0.0816. The van der Waals surface area contributed by atoms with Gasteiger partial charge >= 0.3 is 7.12 Å². The molecular weight excluding hydrogens is 265 g/mol. The van der Waals surface area contributed by atoms with Crippen LogP contribution in [0, 0.1) is 0 Å². The lowest BCUT2D eigenvalue weighted by Crippen LogP contribution is -2.33. The second-order valence-electron chi connectivity index (χ2n) is 5.41. The average Bonchev–Trinajstić information content (AvgIpc) is 2.34. The summed E-state index contributed by atoms with van der Waals surface area (Å²) < 4.78 is 29.8. The molecule has 0 amide bonds. The van der Waals surface area contributed by atoms with E-state index in [1.54, 1.807) is 6.07 Å². The van der Waals surface area contributed by atoms with E-state index in [1.165, 1.54) is 0 Å². The molecule has 0 unspecified atom stereocenters. The maximum atomic E-state index is 12.3. The highest BCUT2D eigenvalue weighted by Crippen LogP contribution is 2.29. The van der Waals surface area contributed by atoms with Crippen molar-refractivity contribution < 1.29 is 23.6 Å². The van der Waals surface area contributed by atoms with Crippen molar-refractivity contribution in [3.63, 3.8) is 0 Å². The van der Waals surface area contributed by atoms with Crippen LogP contribution in [0.2, 0.25) is 0 Å². The third-order valence-electron chi connectivity index (χ3n) is 3.09. The van der Waals surface area contributed by atoms with Crippen LogP contribution in [0.25, 0.3) is 0 Å². The summed E-state index contributed by atoms with van der Waals surface area (Å²) in [6.07, 6.45) is -2.61. The van der Waals surface area contributed by atoms with Crippen molar-refractivity contribution in [2.75, 3.05) is 6.61 Å². The van der Waals surface area contributed by atoms with Crippen LogP contribution in [-0.4, -0.2) is 30.2 Å². The molecule has 6 heteroatoms. The van der Waals surface area contributed by atoms with Gasteiger partial charge in [-0.25, -0.2) is 8.78 Å². The van der Waals surface area contributed by atoms with E-state index >= 15 is 0 Å². The van der Waals surface area contributed by atoms with Crippen LogP contribution in [0.3, 0.4) is 0 Å². The Balaban J connectivity index is 3.35. The molecule has 0 aliphatic carbocycles. The van der Waals surface area contributed by atoms with E-state index in [4.69, 9.17) is 4.74 Å². The van der Waals surface area contributed by atoms with Gasteiger partial charge in [0.1, 0.15) is 12.4 Å². The van der Waals surface area contributed by atoms with Gasteiger partial charge in [-0.1, -0.05) is 39.8 Å². The lowest BCUT2D eigenvalue weighted by atomic mass is 9.75. The Morgan fingerprint density at radius 3 is 2.10 bits per heavy atom. The van der Waals surface area contributed by atoms with Gasteiger partial charge in [0.05, 0.1) is 0 Å². The van der Waals surface area contributed by atoms with Gasteiger partial charge in [-0.3, -0.25) is 0 Å². The standard InChI is InChI=1S/C14H21BF2O3/c1-8(2)10-5-11(9(3)4)14(20-7-13(16)17)12(6-10)15(18)19/h5-6,8-9,13,18-19H,7H2,1-4H3. The Labute approximate surface area is 118 Å². The predicted molar refractivity (Wildman–Crippen MR) is 75.9 cm³/mol. The number of rotatable bonds is 6. The summed E-state index contributed by atoms with van der Waals surface area (Å²) in [6, 6.07) is 3.48. The minimum atomic E-state index is -2.61. The summed E-state index contributed by atoms with van der Waals surface area (Å²) in [5, 5.41) is 18.9. The number of hydrogen-bond acceptors (Lipinski definition) is 3. The summed E-state index contributed by atoms with van der Waals surface area (Å²) in [7, 11) is -1.75. The largest absolute Gasteiger partial charge is 0.492 e. The third-order valence-corrected chi connectivity index (χ3v) is 3.09. The van der Waals surface area contributed by atoms with Crippen LogP contribution < -0.4 is 10.2 Å². The maximum absolute atomic E-state index is 12.3. The second-order valence-corrected chi connectivity index (χ2v) is 5.41. The molecule has 20 heavy (non-hydrogen) atoms. The molecule has 112 valence electrons. The van der Waals surface area contributed by atoms with Crippen molar-refractivity contribution in [2.24, 2.45) is 0 Å². The van der Waals surface area contributed by atoms with Crippen LogP contribution >= 0.6 is 0 Å². The Hall–Kier alpha value is -1.14. The molecule has 0 heterocycles. The van der Waals surface area contributed by atoms with E-state index in [0.29, 0.717) is 5.56 Å². The molecule has 0 spiro atoms. The molecule has 1 aromatic carbocycles. The van der Waals surface area contributed by atoms with Gasteiger partial charge in [0, 0.05) is 5.46 Å². The molecule has 1 rings (SSSR count). The van der Waals surface area contributed by atoms with E-state index in [0.717, 1.165) is 5.56 Å². The van der Waals surface area contributed by atoms with E-state index in [1.807, 2.05) is 33.8 Å². The smallest absolute Gasteiger partial charge is 0.488 e. The molecular formula is C14H21BF2O3. The van der Waals surface area contributed by atoms with Crippen molar-refractivity contribution in [2.45, 2.75) is 46.0 Å². The molecule has 0 bridgehead atoms. The summed E-state index contributed by atoms with van der Waals surface area (Å²) in [5.74, 6) is 0.368. The molecule has 2 N–H and O–H groups in total. The number of ether oxygens (including phenoxy) is 1. The predicted octanol–water partition coefficient (Wildman–Crippen LogP) is 2.26. The Morgan fingerprint density at radius 2 is 1.70 bits per heavy atom. The summed E-state index contributed by atoms with van der Waals surface area (Å²) >= 11 is 0. The number of hydrogen-bond donors (Lipinski definition) is 2. The fourth-order valence-corrected chi connectivity index (χ4v) is 1.97. The first-order valence-electron chi connectivity index (χ1n) is 6.68. The van der Waals surface area contributed by atoms with Crippen LogP contribution in [0.4, 0.5) is 8.78 Å². The van der Waals surface area contributed by atoms with Crippen molar-refractivity contribution >= 4 is 12.6 Å². The van der Waals surface area contributed by atoms with E-state index in [2.05, 4.69) is 0 Å². The first-order chi connectivity index (χ1) is 9.23. The number of alkyl halides is 2. The number of halogens is 2. The molecule has 0 aliphatic rings. The van der Waals surface area contributed by atoms with Gasteiger partial charge in [-0.05, 0) is 23.0 Å². The van der Waals surface area contributed by atoms with E-state index in [-0.39, 0.29) is 23.0 Å². The SMILES string of the molecule is CC(C)c1cc(B(O)O)c(OCC(F)F)c(C(C)C)c1. The van der Waals surface area contributed by atoms with E-state index < -0.39 is 20.2 Å². The summed E-state index contributed by atoms with van der Waals surface area (Å²) in [5.41, 5.74) is 1.77. The van der Waals surface area contributed by atoms with Crippen molar-refractivity contribution in [1.82, 2.24) is 0 Å². The average molecular weight is 286 g/mol. The first kappa shape index (κ1) is 16.9. The highest BCUT2D eigenvalue weighted by Gasteiger charge is 2.24. The van der Waals surface area contributed by atoms with Gasteiger partial charge in [0.15, 0.2) is 0 Å². The Kier molecular flexibility index (Phi) is 5.96. The zero-order valence-corrected chi connectivity index (χ0v) is 12.2. The Bertz CT molecular complexity index is 419. The molecule has 0 aliphatic heterocycles. The highest BCUT2D eigenvalue weighted by molar-refractivity contribution is 6.59. The molecule has 3 nitrogen and oxygen atoms in total. The molecule has 0 radical (unpaired) electrons. The summed E-state index contributed by atoms with van der Waals surface area (Å²) in [6.45, 7) is 7.00. The van der Waals surface area contributed by atoms with Crippen LogP contribution in [0.15, 0.2) is 12.1 Å². The second kappa shape index (κ2) is 7.04. The van der Waals surface area contributed by atoms with Crippen molar-refractivity contribution in [3.05, 3.63) is 23.3 Å². The zero-order chi connectivity index (χ0) is 15.4. The molecule has 0 saturated carbocycles. The number of benzene rings is 1. The molecule has 0 saturated heterocycles. The third kappa shape index (κ3) is 4.18. The zero-order valence-electron chi connectivity index (χ0n) is 12.2. The molecule has 0 fully saturated rings. The monoisotopic (exact) mass is 286 g/mol. The highest BCUT2D eigenvalue weighted by atomic mass is 19.3. The van der Waals surface area contributed by atoms with Crippen molar-refractivity contribution in [1.29, 1.82) is 0 Å². The fourth-order valence-electron chi connectivity index (χ4n) is 1.97. The summed E-state index contributed by atoms with van der Waals surface area (Å²) in [4.78, 5) is 0. The Morgan fingerprint density at radius 1 is 1.10 bits per heavy atom. The fraction of sp³-hybridized carbons (Fsp3) is 0.571. The van der Waals surface area contributed by atoms with Gasteiger partial charge in [0.25, 0.3) is 6.43 Å². The van der Waals surface area contributed by atoms with Crippen LogP contribution in [0.1, 0.15) is 50.7 Å². The first-order valence-corrected chi connectivity index (χ1v) is 6.68. The quantitative estimate of drug-likeness (QED) is 0.789. The van der Waals surface area contributed by atoms with Gasteiger partial charge in [-0.2, -0.15) is 0 Å². The van der Waals surface area contributed by atoms with E-state index in [9.17, 15) is 18.8 Å². The van der Waals surface area contributed by atoms with Crippen LogP contribution in [-0.2, 0) is 0 Å². The minimum Gasteiger partial charge on any atom is -0.488 e. The normalized spacial score (nSPS) is 11.6. The molecule has 0 atom stereocenters. The molecule has 1 aromatic rings. The van der Waals surface area contributed by atoms with Gasteiger partial charge in [0.2, 0.25) is 0 Å². The minimum absolute atomic E-state index is 0.0267. The lowest BCUT2D eigenvalue weighted by Gasteiger charge is -2.20.